The zero-order valence-corrected chi connectivity index (χ0v) is 7.97. The lowest BCUT2D eigenvalue weighted by atomic mass is 10.1. The average molecular weight is 155 g/mol. The number of aliphatic imine (C=N–C) groups is 1. The lowest BCUT2D eigenvalue weighted by Gasteiger charge is -2.08. The first kappa shape index (κ1) is 10.2. The van der Waals surface area contributed by atoms with Crippen LogP contribution in [0.15, 0.2) is 16.3 Å². The topological polar surface area (TPSA) is 32.6 Å². The molecular weight excluding hydrogens is 138 g/mol. The van der Waals surface area contributed by atoms with Crippen LogP contribution in [0.5, 0.6) is 0 Å². The highest BCUT2D eigenvalue weighted by molar-refractivity contribution is 5.79. The minimum Gasteiger partial charge on any atom is -0.513 e. The van der Waals surface area contributed by atoms with E-state index in [2.05, 4.69) is 4.99 Å². The van der Waals surface area contributed by atoms with Gasteiger partial charge in [0.25, 0.3) is 0 Å². The fraction of sp³-hybridized carbons (Fsp3) is 0.667. The highest BCUT2D eigenvalue weighted by atomic mass is 16.3. The maximum atomic E-state index is 9.11. The summed E-state index contributed by atoms with van der Waals surface area (Å²) in [6.07, 6.45) is 0. The SMILES string of the molecule is CC(C)=NC(C)/C(C)=C(/C)O. The second kappa shape index (κ2) is 4.16. The zero-order valence-electron chi connectivity index (χ0n) is 7.97. The van der Waals surface area contributed by atoms with Crippen molar-refractivity contribution >= 4 is 5.71 Å². The molecule has 0 radical (unpaired) electrons. The van der Waals surface area contributed by atoms with Crippen molar-refractivity contribution in [2.75, 3.05) is 0 Å². The lowest BCUT2D eigenvalue weighted by Crippen LogP contribution is -2.04. The lowest BCUT2D eigenvalue weighted by molar-refractivity contribution is 0.402. The van der Waals surface area contributed by atoms with Crippen LogP contribution < -0.4 is 0 Å². The third kappa shape index (κ3) is 3.81. The van der Waals surface area contributed by atoms with Crippen LogP contribution in [-0.2, 0) is 0 Å². The molecule has 64 valence electrons. The summed E-state index contributed by atoms with van der Waals surface area (Å²) in [5.74, 6) is 0.377. The van der Waals surface area contributed by atoms with Crippen molar-refractivity contribution in [3.63, 3.8) is 0 Å². The van der Waals surface area contributed by atoms with Gasteiger partial charge in [-0.2, -0.15) is 0 Å². The first-order chi connectivity index (χ1) is 4.95. The van der Waals surface area contributed by atoms with E-state index in [9.17, 15) is 0 Å². The number of hydrogen-bond acceptors (Lipinski definition) is 2. The van der Waals surface area contributed by atoms with Crippen molar-refractivity contribution in [1.29, 1.82) is 0 Å². The fourth-order valence-corrected chi connectivity index (χ4v) is 0.786. The van der Waals surface area contributed by atoms with Gasteiger partial charge in [0.15, 0.2) is 0 Å². The van der Waals surface area contributed by atoms with E-state index in [1.807, 2.05) is 27.7 Å². The average Bonchev–Trinajstić information content (AvgIpc) is 1.84. The molecule has 0 aliphatic carbocycles. The quantitative estimate of drug-likeness (QED) is 0.482. The Morgan fingerprint density at radius 3 is 1.91 bits per heavy atom. The molecule has 0 spiro atoms. The van der Waals surface area contributed by atoms with Crippen LogP contribution in [0, 0.1) is 0 Å². The molecule has 2 nitrogen and oxygen atoms in total. The van der Waals surface area contributed by atoms with Gasteiger partial charge in [-0.3, -0.25) is 4.99 Å². The van der Waals surface area contributed by atoms with Crippen molar-refractivity contribution < 1.29 is 5.11 Å². The van der Waals surface area contributed by atoms with Gasteiger partial charge in [-0.25, -0.2) is 0 Å². The van der Waals surface area contributed by atoms with E-state index in [0.29, 0.717) is 5.76 Å². The van der Waals surface area contributed by atoms with E-state index in [4.69, 9.17) is 5.11 Å². The van der Waals surface area contributed by atoms with Crippen LogP contribution in [0.3, 0.4) is 0 Å². The van der Waals surface area contributed by atoms with Gasteiger partial charge in [-0.05, 0) is 40.2 Å². The summed E-state index contributed by atoms with van der Waals surface area (Å²) in [4.78, 5) is 4.30. The van der Waals surface area contributed by atoms with Gasteiger partial charge in [0, 0.05) is 5.71 Å². The van der Waals surface area contributed by atoms with Crippen molar-refractivity contribution in [2.24, 2.45) is 4.99 Å². The van der Waals surface area contributed by atoms with E-state index in [-0.39, 0.29) is 6.04 Å². The number of allylic oxidation sites excluding steroid dienone is 1. The van der Waals surface area contributed by atoms with Gasteiger partial charge < -0.3 is 5.11 Å². The summed E-state index contributed by atoms with van der Waals surface area (Å²) in [6.45, 7) is 9.47. The predicted octanol–water partition coefficient (Wildman–Crippen LogP) is 2.71. The molecule has 0 fully saturated rings. The number of hydrogen-bond donors (Lipinski definition) is 1. The summed E-state index contributed by atoms with van der Waals surface area (Å²) in [5, 5.41) is 9.11. The van der Waals surface area contributed by atoms with Gasteiger partial charge in [-0.1, -0.05) is 0 Å². The van der Waals surface area contributed by atoms with E-state index >= 15 is 0 Å². The summed E-state index contributed by atoms with van der Waals surface area (Å²) in [7, 11) is 0. The molecule has 0 aromatic heterocycles. The maximum Gasteiger partial charge on any atom is 0.0902 e. The molecule has 0 amide bonds. The Labute approximate surface area is 68.7 Å². The molecular formula is C9H17NO. The molecule has 0 saturated carbocycles. The summed E-state index contributed by atoms with van der Waals surface area (Å²) < 4.78 is 0. The Kier molecular flexibility index (Phi) is 3.86. The molecule has 0 aliphatic heterocycles. The van der Waals surface area contributed by atoms with E-state index in [1.165, 1.54) is 0 Å². The smallest absolute Gasteiger partial charge is 0.0902 e. The van der Waals surface area contributed by atoms with Crippen molar-refractivity contribution in [1.82, 2.24) is 0 Å². The maximum absolute atomic E-state index is 9.11. The largest absolute Gasteiger partial charge is 0.513 e. The molecule has 0 saturated heterocycles. The minimum atomic E-state index is 0.102. The van der Waals surface area contributed by atoms with Gasteiger partial charge in [0.1, 0.15) is 0 Å². The van der Waals surface area contributed by atoms with Crippen LogP contribution in [0.4, 0.5) is 0 Å². The fourth-order valence-electron chi connectivity index (χ4n) is 0.786. The van der Waals surface area contributed by atoms with Crippen molar-refractivity contribution in [3.8, 4) is 0 Å². The van der Waals surface area contributed by atoms with Crippen molar-refractivity contribution in [3.05, 3.63) is 11.3 Å². The van der Waals surface area contributed by atoms with Gasteiger partial charge >= 0.3 is 0 Å². The molecule has 0 aromatic rings. The standard InChI is InChI=1S/C9H17NO/c1-6(2)10-8(4)7(3)9(5)11/h8,11H,1-5H3/b9-7-. The predicted molar refractivity (Wildman–Crippen MR) is 49.2 cm³/mol. The number of nitrogens with zero attached hydrogens (tertiary/aromatic N) is 1. The second-order valence-corrected chi connectivity index (χ2v) is 3.02. The second-order valence-electron chi connectivity index (χ2n) is 3.02. The Morgan fingerprint density at radius 1 is 1.18 bits per heavy atom. The van der Waals surface area contributed by atoms with Crippen LogP contribution >= 0.6 is 0 Å². The number of rotatable bonds is 2. The summed E-state index contributed by atoms with van der Waals surface area (Å²) in [5.41, 5.74) is 1.98. The van der Waals surface area contributed by atoms with Gasteiger partial charge in [0.05, 0.1) is 11.8 Å². The Morgan fingerprint density at radius 2 is 1.64 bits per heavy atom. The molecule has 0 heterocycles. The minimum absolute atomic E-state index is 0.102. The normalized spacial score (nSPS) is 15.4. The Bertz CT molecular complexity index is 184. The third-order valence-corrected chi connectivity index (χ3v) is 1.65. The molecule has 0 aromatic carbocycles. The van der Waals surface area contributed by atoms with Crippen molar-refractivity contribution in [2.45, 2.75) is 40.7 Å². The highest BCUT2D eigenvalue weighted by Crippen LogP contribution is 2.09. The zero-order chi connectivity index (χ0) is 9.02. The molecule has 1 unspecified atom stereocenters. The molecule has 0 bridgehead atoms. The molecule has 2 heteroatoms. The molecule has 11 heavy (non-hydrogen) atoms. The molecule has 0 rings (SSSR count). The van der Waals surface area contributed by atoms with Gasteiger partial charge in [0.2, 0.25) is 0 Å². The molecule has 1 atom stereocenters. The van der Waals surface area contributed by atoms with E-state index < -0.39 is 0 Å². The summed E-state index contributed by atoms with van der Waals surface area (Å²) in [6, 6.07) is 0.102. The Hall–Kier alpha value is -0.790. The first-order valence-electron chi connectivity index (χ1n) is 3.82. The van der Waals surface area contributed by atoms with E-state index in [1.54, 1.807) is 6.92 Å². The summed E-state index contributed by atoms with van der Waals surface area (Å²) >= 11 is 0. The van der Waals surface area contributed by atoms with Crippen LogP contribution in [-0.4, -0.2) is 16.9 Å². The third-order valence-electron chi connectivity index (χ3n) is 1.65. The monoisotopic (exact) mass is 155 g/mol. The van der Waals surface area contributed by atoms with Crippen LogP contribution in [0.25, 0.3) is 0 Å². The molecule has 1 N–H and O–H groups in total. The van der Waals surface area contributed by atoms with Crippen LogP contribution in [0.2, 0.25) is 0 Å². The molecule has 0 aliphatic rings. The highest BCUT2D eigenvalue weighted by Gasteiger charge is 2.03. The van der Waals surface area contributed by atoms with Gasteiger partial charge in [-0.15, -0.1) is 0 Å². The first-order valence-corrected chi connectivity index (χ1v) is 3.82. The van der Waals surface area contributed by atoms with E-state index in [0.717, 1.165) is 11.3 Å². The van der Waals surface area contributed by atoms with Crippen LogP contribution in [0.1, 0.15) is 34.6 Å². The number of aliphatic hydroxyl groups is 1. The number of aliphatic hydroxyl groups excluding tert-OH is 1. The Balaban J connectivity index is 4.39.